The molecule has 2 heterocycles. The summed E-state index contributed by atoms with van der Waals surface area (Å²) in [7, 11) is 3.22. The lowest BCUT2D eigenvalue weighted by Crippen LogP contribution is -2.39. The number of carboxylic acid groups (broad SMARTS) is 1. The lowest BCUT2D eigenvalue weighted by Gasteiger charge is -2.29. The van der Waals surface area contributed by atoms with Crippen molar-refractivity contribution >= 4 is 17.9 Å². The number of urea groups is 1. The van der Waals surface area contributed by atoms with Gasteiger partial charge in [-0.15, -0.1) is 5.10 Å². The van der Waals surface area contributed by atoms with Gasteiger partial charge in [-0.05, 0) is 36.6 Å². The van der Waals surface area contributed by atoms with Gasteiger partial charge in [-0.3, -0.25) is 10.4 Å². The first-order valence-corrected chi connectivity index (χ1v) is 8.54. The fourth-order valence-electron chi connectivity index (χ4n) is 2.63. The Kier molecular flexibility index (Phi) is 7.08. The zero-order valence-corrected chi connectivity index (χ0v) is 16.3. The van der Waals surface area contributed by atoms with E-state index in [1.807, 2.05) is 12.1 Å². The van der Waals surface area contributed by atoms with Crippen molar-refractivity contribution in [3.63, 3.8) is 0 Å². The Morgan fingerprint density at radius 3 is 2.23 bits per heavy atom. The average molecular weight is 431 g/mol. The maximum atomic E-state index is 12.3. The lowest BCUT2D eigenvalue weighted by molar-refractivity contribution is -0.192. The number of nitrogens with one attached hydrogen (secondary N) is 2. The van der Waals surface area contributed by atoms with Crippen LogP contribution in [0, 0.1) is 6.92 Å². The molecule has 1 aromatic carbocycles. The van der Waals surface area contributed by atoms with E-state index >= 15 is 0 Å². The zero-order valence-electron chi connectivity index (χ0n) is 16.3. The minimum absolute atomic E-state index is 0.218. The minimum Gasteiger partial charge on any atom is -0.493 e. The van der Waals surface area contributed by atoms with Crippen LogP contribution in [0.2, 0.25) is 0 Å². The number of rotatable bonds is 3. The molecule has 13 heteroatoms. The minimum atomic E-state index is -5.08. The van der Waals surface area contributed by atoms with Gasteiger partial charge in [0.15, 0.2) is 11.5 Å². The first-order chi connectivity index (χ1) is 14.0. The number of aryl methyl sites for hydroxylation is 1. The molecule has 1 aromatic heterocycles. The Bertz CT molecular complexity index is 916. The number of anilines is 1. The van der Waals surface area contributed by atoms with E-state index in [2.05, 4.69) is 20.5 Å². The molecule has 2 amide bonds. The van der Waals surface area contributed by atoms with Crippen molar-refractivity contribution in [3.8, 4) is 11.5 Å². The topological polar surface area (TPSA) is 130 Å². The van der Waals surface area contributed by atoms with Gasteiger partial charge in [0.25, 0.3) is 0 Å². The number of H-pyrrole nitrogens is 1. The summed E-state index contributed by atoms with van der Waals surface area (Å²) in [6.07, 6.45) is -4.32. The highest BCUT2D eigenvalue weighted by molar-refractivity contribution is 5.87. The number of benzene rings is 1. The molecule has 2 aromatic rings. The Morgan fingerprint density at radius 1 is 1.20 bits per heavy atom. The van der Waals surface area contributed by atoms with Crippen LogP contribution < -0.4 is 14.8 Å². The van der Waals surface area contributed by atoms with Crippen molar-refractivity contribution in [2.24, 2.45) is 0 Å². The molecule has 1 aliphatic rings. The van der Waals surface area contributed by atoms with Crippen molar-refractivity contribution in [1.82, 2.24) is 20.1 Å². The largest absolute Gasteiger partial charge is 0.493 e. The molecule has 1 aliphatic heterocycles. The van der Waals surface area contributed by atoms with Crippen LogP contribution in [-0.4, -0.2) is 64.1 Å². The smallest absolute Gasteiger partial charge is 0.490 e. The molecule has 3 N–H and O–H groups in total. The fraction of sp³-hybridized carbons (Fsp3) is 0.412. The summed E-state index contributed by atoms with van der Waals surface area (Å²) in [6, 6.07) is 3.68. The van der Waals surface area contributed by atoms with Gasteiger partial charge in [-0.1, -0.05) is 0 Å². The number of hydrogen-bond donors (Lipinski definition) is 3. The molecule has 0 spiro atoms. The van der Waals surface area contributed by atoms with Gasteiger partial charge in [0, 0.05) is 13.1 Å². The number of halogens is 3. The van der Waals surface area contributed by atoms with Gasteiger partial charge in [0.1, 0.15) is 5.82 Å². The van der Waals surface area contributed by atoms with Crippen LogP contribution in [0.3, 0.4) is 0 Å². The number of carbonyl (C=O) groups excluding carboxylic acids is 1. The highest BCUT2D eigenvalue weighted by Crippen LogP contribution is 2.33. The third-order valence-corrected chi connectivity index (χ3v) is 4.06. The van der Waals surface area contributed by atoms with E-state index in [4.69, 9.17) is 19.4 Å². The van der Waals surface area contributed by atoms with Gasteiger partial charge < -0.3 is 19.5 Å². The van der Waals surface area contributed by atoms with Crippen molar-refractivity contribution in [2.45, 2.75) is 26.1 Å². The number of alkyl halides is 3. The molecule has 0 radical (unpaired) electrons. The average Bonchev–Trinajstić information content (AvgIpc) is 3.10. The van der Waals surface area contributed by atoms with Crippen LogP contribution in [0.15, 0.2) is 12.1 Å². The molecule has 3 rings (SSSR count). The maximum Gasteiger partial charge on any atom is 0.490 e. The van der Waals surface area contributed by atoms with Gasteiger partial charge in [-0.2, -0.15) is 18.2 Å². The normalized spacial score (nSPS) is 12.9. The van der Waals surface area contributed by atoms with Crippen LogP contribution in [0.4, 0.5) is 23.9 Å². The molecule has 0 bridgehead atoms. The number of hydrogen-bond acceptors (Lipinski definition) is 6. The number of ether oxygens (including phenoxy) is 2. The molecule has 30 heavy (non-hydrogen) atoms. The predicted octanol–water partition coefficient (Wildman–Crippen LogP) is 2.35. The molecular formula is C17H20F3N5O5. The van der Waals surface area contributed by atoms with Gasteiger partial charge in [0.2, 0.25) is 5.95 Å². The molecule has 0 fully saturated rings. The molecule has 0 atom stereocenters. The van der Waals surface area contributed by atoms with E-state index in [0.717, 1.165) is 12.0 Å². The number of amides is 2. The standard InChI is InChI=1S/C15H19N5O3.C2HF3O2/c1-9-16-14(19-18-9)17-15(21)20-5-4-10-6-12(22-2)13(23-3)7-11(10)8-20;3-2(4,5)1(6)7/h6-7H,4-5,8H2,1-3H3,(H2,16,17,18,19,21);(H,6,7). The summed E-state index contributed by atoms with van der Waals surface area (Å²) >= 11 is 0. The van der Waals surface area contributed by atoms with Crippen molar-refractivity contribution in [2.75, 3.05) is 26.1 Å². The van der Waals surface area contributed by atoms with Crippen LogP contribution in [0.25, 0.3) is 0 Å². The summed E-state index contributed by atoms with van der Waals surface area (Å²) < 4.78 is 42.4. The monoisotopic (exact) mass is 431 g/mol. The van der Waals surface area contributed by atoms with Crippen LogP contribution in [-0.2, 0) is 17.8 Å². The van der Waals surface area contributed by atoms with Crippen LogP contribution >= 0.6 is 0 Å². The molecule has 0 saturated heterocycles. The van der Waals surface area contributed by atoms with E-state index < -0.39 is 12.1 Å². The third kappa shape index (κ3) is 5.75. The van der Waals surface area contributed by atoms with E-state index in [-0.39, 0.29) is 12.0 Å². The van der Waals surface area contributed by atoms with E-state index in [9.17, 15) is 18.0 Å². The van der Waals surface area contributed by atoms with Crippen molar-refractivity contribution < 1.29 is 37.3 Å². The highest BCUT2D eigenvalue weighted by Gasteiger charge is 2.38. The summed E-state index contributed by atoms with van der Waals surface area (Å²) in [5.41, 5.74) is 2.22. The Labute approximate surface area is 169 Å². The highest BCUT2D eigenvalue weighted by atomic mass is 19.4. The quantitative estimate of drug-likeness (QED) is 0.680. The van der Waals surface area contributed by atoms with Gasteiger partial charge in [0.05, 0.1) is 14.2 Å². The first-order valence-electron chi connectivity index (χ1n) is 8.54. The molecule has 0 saturated carbocycles. The predicted molar refractivity (Wildman–Crippen MR) is 97.5 cm³/mol. The van der Waals surface area contributed by atoms with E-state index in [0.29, 0.717) is 30.4 Å². The fourth-order valence-corrected chi connectivity index (χ4v) is 2.63. The molecule has 0 aliphatic carbocycles. The number of aliphatic carboxylic acids is 1. The van der Waals surface area contributed by atoms with E-state index in [1.54, 1.807) is 26.0 Å². The number of carboxylic acids is 1. The SMILES string of the molecule is COc1cc2c(cc1OC)CN(C(=O)Nc1n[nH]c(C)n1)CC2.O=C(O)C(F)(F)F. The van der Waals surface area contributed by atoms with Crippen molar-refractivity contribution in [3.05, 3.63) is 29.1 Å². The molecule has 164 valence electrons. The van der Waals surface area contributed by atoms with Crippen LogP contribution in [0.1, 0.15) is 17.0 Å². The second-order valence-electron chi connectivity index (χ2n) is 6.12. The second-order valence-corrected chi connectivity index (χ2v) is 6.12. The summed E-state index contributed by atoms with van der Waals surface area (Å²) in [4.78, 5) is 27.0. The number of aromatic amines is 1. The number of methoxy groups -OCH3 is 2. The lowest BCUT2D eigenvalue weighted by atomic mass is 9.99. The summed E-state index contributed by atoms with van der Waals surface area (Å²) in [6.45, 7) is 2.90. The summed E-state index contributed by atoms with van der Waals surface area (Å²) in [5, 5.41) is 16.4. The van der Waals surface area contributed by atoms with E-state index in [1.165, 1.54) is 5.56 Å². The number of nitrogens with zero attached hydrogens (tertiary/aromatic N) is 3. The molecule has 0 unspecified atom stereocenters. The van der Waals surface area contributed by atoms with Crippen LogP contribution in [0.5, 0.6) is 11.5 Å². The number of carbonyl (C=O) groups is 2. The van der Waals surface area contributed by atoms with Crippen molar-refractivity contribution in [1.29, 1.82) is 0 Å². The first kappa shape index (κ1) is 22.8. The van der Waals surface area contributed by atoms with Gasteiger partial charge in [-0.25, -0.2) is 9.59 Å². The molecule has 10 nitrogen and oxygen atoms in total. The summed E-state index contributed by atoms with van der Waals surface area (Å²) in [5.74, 6) is -0.447. The Morgan fingerprint density at radius 2 is 1.77 bits per heavy atom. The number of fused-ring (bicyclic) bond motifs is 1. The Balaban J connectivity index is 0.000000396. The molecular weight excluding hydrogens is 411 g/mol. The Hall–Kier alpha value is -3.51. The second kappa shape index (κ2) is 9.33. The zero-order chi connectivity index (χ0) is 22.5. The maximum absolute atomic E-state index is 12.3. The third-order valence-electron chi connectivity index (χ3n) is 4.06. The van der Waals surface area contributed by atoms with Gasteiger partial charge >= 0.3 is 18.2 Å². The number of aromatic nitrogens is 3.